The second-order valence-electron chi connectivity index (χ2n) is 8.71. The monoisotopic (exact) mass is 482 g/mol. The number of aliphatic hydroxyl groups is 1. The maximum absolute atomic E-state index is 13.3. The lowest BCUT2D eigenvalue weighted by atomic mass is 10.2. The molecular weight excluding hydrogens is 455 g/mol. The molecule has 0 bridgehead atoms. The average Bonchev–Trinajstić information content (AvgIpc) is 3.10. The summed E-state index contributed by atoms with van der Waals surface area (Å²) in [6, 6.07) is 4.74. The van der Waals surface area contributed by atoms with Gasteiger partial charge in [-0.1, -0.05) is 50.9 Å². The average molecular weight is 483 g/mol. The van der Waals surface area contributed by atoms with Gasteiger partial charge < -0.3 is 14.4 Å². The van der Waals surface area contributed by atoms with Gasteiger partial charge in [-0.2, -0.15) is 0 Å². The molecule has 1 aromatic carbocycles. The normalized spacial score (nSPS) is 12.8. The summed E-state index contributed by atoms with van der Waals surface area (Å²) in [6.07, 6.45) is 0.480. The standard InChI is InChI=1S/C22H28Cl2N4O4/c1-13(2)8-26-12-25-20-19(26)21(30)28(22(31)27(20)9-14(3)4)10-16(29)11-32-18-6-5-15(23)7-17(18)24/h5-7,12-14,16,29H,8-11H2,1-4H3/t16-/m0/s1. The zero-order valence-electron chi connectivity index (χ0n) is 18.6. The third kappa shape index (κ3) is 5.36. The fraction of sp³-hybridized carbons (Fsp3) is 0.500. The smallest absolute Gasteiger partial charge is 0.332 e. The molecule has 1 atom stereocenters. The van der Waals surface area contributed by atoms with Crippen LogP contribution in [0.25, 0.3) is 11.2 Å². The summed E-state index contributed by atoms with van der Waals surface area (Å²) < 4.78 is 9.89. The molecule has 174 valence electrons. The number of aliphatic hydroxyl groups excluding tert-OH is 1. The number of hydrogen-bond donors (Lipinski definition) is 1. The van der Waals surface area contributed by atoms with Gasteiger partial charge in [0.25, 0.3) is 5.56 Å². The zero-order chi connectivity index (χ0) is 23.6. The van der Waals surface area contributed by atoms with Crippen molar-refractivity contribution in [2.75, 3.05) is 6.61 Å². The van der Waals surface area contributed by atoms with Gasteiger partial charge in [0.2, 0.25) is 0 Å². The molecule has 0 aliphatic heterocycles. The van der Waals surface area contributed by atoms with E-state index in [1.807, 2.05) is 27.7 Å². The number of hydrogen-bond acceptors (Lipinski definition) is 5. The number of rotatable bonds is 9. The van der Waals surface area contributed by atoms with Gasteiger partial charge in [0.15, 0.2) is 11.2 Å². The highest BCUT2D eigenvalue weighted by molar-refractivity contribution is 6.35. The predicted molar refractivity (Wildman–Crippen MR) is 126 cm³/mol. The first kappa shape index (κ1) is 24.4. The Morgan fingerprint density at radius 3 is 2.34 bits per heavy atom. The molecule has 1 N–H and O–H groups in total. The highest BCUT2D eigenvalue weighted by Gasteiger charge is 2.21. The Morgan fingerprint density at radius 2 is 1.72 bits per heavy atom. The number of ether oxygens (including phenoxy) is 1. The molecule has 3 rings (SSSR count). The van der Waals surface area contributed by atoms with Crippen LogP contribution in [0.15, 0.2) is 34.1 Å². The summed E-state index contributed by atoms with van der Waals surface area (Å²) in [5, 5.41) is 11.3. The summed E-state index contributed by atoms with van der Waals surface area (Å²) in [7, 11) is 0. The lowest BCUT2D eigenvalue weighted by Crippen LogP contribution is -2.44. The summed E-state index contributed by atoms with van der Waals surface area (Å²) >= 11 is 12.0. The van der Waals surface area contributed by atoms with Crippen LogP contribution in [0.1, 0.15) is 27.7 Å². The minimum atomic E-state index is -1.11. The van der Waals surface area contributed by atoms with E-state index in [1.54, 1.807) is 23.0 Å². The minimum Gasteiger partial charge on any atom is -0.489 e. The highest BCUT2D eigenvalue weighted by atomic mass is 35.5. The van der Waals surface area contributed by atoms with Crippen molar-refractivity contribution >= 4 is 34.4 Å². The quantitative estimate of drug-likeness (QED) is 0.504. The van der Waals surface area contributed by atoms with Crippen molar-refractivity contribution < 1.29 is 9.84 Å². The second kappa shape index (κ2) is 10.1. The summed E-state index contributed by atoms with van der Waals surface area (Å²) in [5.41, 5.74) is -0.265. The fourth-order valence-corrected chi connectivity index (χ4v) is 3.97. The molecule has 0 unspecified atom stereocenters. The predicted octanol–water partition coefficient (Wildman–Crippen LogP) is 3.42. The van der Waals surface area contributed by atoms with Crippen LogP contribution in [-0.2, 0) is 19.6 Å². The first-order chi connectivity index (χ1) is 15.1. The third-order valence-electron chi connectivity index (χ3n) is 4.81. The van der Waals surface area contributed by atoms with Crippen molar-refractivity contribution in [1.82, 2.24) is 18.7 Å². The SMILES string of the molecule is CC(C)Cn1cnc2c1c(=O)n(C[C@H](O)COc1ccc(Cl)cc1Cl)c(=O)n2CC(C)C. The van der Waals surface area contributed by atoms with Crippen molar-refractivity contribution in [3.8, 4) is 5.75 Å². The van der Waals surface area contributed by atoms with Gasteiger partial charge in [-0.15, -0.1) is 0 Å². The second-order valence-corrected chi connectivity index (χ2v) is 9.55. The highest BCUT2D eigenvalue weighted by Crippen LogP contribution is 2.27. The van der Waals surface area contributed by atoms with Crippen LogP contribution >= 0.6 is 23.2 Å². The molecule has 0 aliphatic rings. The number of aromatic nitrogens is 4. The number of halogens is 2. The van der Waals surface area contributed by atoms with Gasteiger partial charge in [-0.25, -0.2) is 9.78 Å². The van der Waals surface area contributed by atoms with Crippen molar-refractivity contribution in [3.63, 3.8) is 0 Å². The van der Waals surface area contributed by atoms with E-state index in [0.29, 0.717) is 40.0 Å². The molecule has 8 nitrogen and oxygen atoms in total. The van der Waals surface area contributed by atoms with Crippen LogP contribution in [0.5, 0.6) is 5.75 Å². The Balaban J connectivity index is 1.95. The van der Waals surface area contributed by atoms with Gasteiger partial charge >= 0.3 is 5.69 Å². The lowest BCUT2D eigenvalue weighted by molar-refractivity contribution is 0.0901. The molecule has 32 heavy (non-hydrogen) atoms. The van der Waals surface area contributed by atoms with Crippen LogP contribution in [0.2, 0.25) is 10.0 Å². The van der Waals surface area contributed by atoms with Gasteiger partial charge in [-0.05, 0) is 30.0 Å². The van der Waals surface area contributed by atoms with Crippen LogP contribution < -0.4 is 16.0 Å². The fourth-order valence-electron chi connectivity index (χ4n) is 3.50. The number of fused-ring (bicyclic) bond motifs is 1. The molecule has 2 heterocycles. The molecule has 10 heteroatoms. The summed E-state index contributed by atoms with van der Waals surface area (Å²) in [6.45, 7) is 8.67. The topological polar surface area (TPSA) is 91.3 Å². The molecule has 0 radical (unpaired) electrons. The van der Waals surface area contributed by atoms with Crippen LogP contribution in [0.4, 0.5) is 0 Å². The van der Waals surface area contributed by atoms with E-state index in [-0.39, 0.29) is 25.0 Å². The van der Waals surface area contributed by atoms with E-state index in [2.05, 4.69) is 4.98 Å². The van der Waals surface area contributed by atoms with E-state index in [1.165, 1.54) is 10.6 Å². The van der Waals surface area contributed by atoms with E-state index in [0.717, 1.165) is 4.57 Å². The molecule has 0 saturated heterocycles. The minimum absolute atomic E-state index is 0.152. The van der Waals surface area contributed by atoms with Crippen molar-refractivity contribution in [3.05, 3.63) is 55.4 Å². The van der Waals surface area contributed by atoms with E-state index in [9.17, 15) is 14.7 Å². The Labute approximate surface area is 196 Å². The third-order valence-corrected chi connectivity index (χ3v) is 5.34. The number of benzene rings is 1. The largest absolute Gasteiger partial charge is 0.489 e. The van der Waals surface area contributed by atoms with Crippen LogP contribution in [-0.4, -0.2) is 36.5 Å². The Kier molecular flexibility index (Phi) is 7.69. The number of imidazole rings is 1. The Bertz CT molecular complexity index is 1210. The van der Waals surface area contributed by atoms with Crippen LogP contribution in [0, 0.1) is 11.8 Å². The summed E-state index contributed by atoms with van der Waals surface area (Å²) in [5.74, 6) is 0.802. The van der Waals surface area contributed by atoms with Gasteiger partial charge in [0.1, 0.15) is 18.5 Å². The van der Waals surface area contributed by atoms with Crippen molar-refractivity contribution in [1.29, 1.82) is 0 Å². The molecule has 2 aromatic heterocycles. The van der Waals surface area contributed by atoms with Crippen LogP contribution in [0.3, 0.4) is 0 Å². The molecule has 0 spiro atoms. The Hall–Kier alpha value is -2.29. The maximum Gasteiger partial charge on any atom is 0.332 e. The van der Waals surface area contributed by atoms with E-state index >= 15 is 0 Å². The molecular formula is C22H28Cl2N4O4. The molecule has 0 aliphatic carbocycles. The number of nitrogens with zero attached hydrogens (tertiary/aromatic N) is 4. The van der Waals surface area contributed by atoms with Crippen molar-refractivity contribution in [2.24, 2.45) is 11.8 Å². The van der Waals surface area contributed by atoms with E-state index < -0.39 is 17.4 Å². The molecule has 3 aromatic rings. The van der Waals surface area contributed by atoms with Gasteiger partial charge in [0.05, 0.1) is 17.9 Å². The molecule has 0 fully saturated rings. The molecule has 0 amide bonds. The van der Waals surface area contributed by atoms with Crippen molar-refractivity contribution in [2.45, 2.75) is 53.4 Å². The zero-order valence-corrected chi connectivity index (χ0v) is 20.1. The maximum atomic E-state index is 13.3. The van der Waals surface area contributed by atoms with E-state index in [4.69, 9.17) is 27.9 Å². The first-order valence-corrected chi connectivity index (χ1v) is 11.3. The summed E-state index contributed by atoms with van der Waals surface area (Å²) in [4.78, 5) is 30.8. The molecule has 0 saturated carbocycles. The Morgan fingerprint density at radius 1 is 1.03 bits per heavy atom. The van der Waals surface area contributed by atoms with Gasteiger partial charge in [-0.3, -0.25) is 13.9 Å². The lowest BCUT2D eigenvalue weighted by Gasteiger charge is -2.17. The van der Waals surface area contributed by atoms with Gasteiger partial charge in [0, 0.05) is 18.1 Å². The first-order valence-electron chi connectivity index (χ1n) is 10.5.